The summed E-state index contributed by atoms with van der Waals surface area (Å²) in [5.41, 5.74) is 3.23. The van der Waals surface area contributed by atoms with Crippen LogP contribution in [0.2, 0.25) is 0 Å². The molecule has 0 spiro atoms. The largest absolute Gasteiger partial charge is 0.332 e. The van der Waals surface area contributed by atoms with Crippen molar-refractivity contribution in [2.75, 3.05) is 5.32 Å². The highest BCUT2D eigenvalue weighted by Gasteiger charge is 2.04. The molecule has 19 heavy (non-hydrogen) atoms. The van der Waals surface area contributed by atoms with Gasteiger partial charge in [0.2, 0.25) is 0 Å². The molecular weight excluding hydrogens is 367 g/mol. The first-order chi connectivity index (χ1) is 9.31. The van der Waals surface area contributed by atoms with E-state index in [1.807, 2.05) is 30.3 Å². The number of rotatable bonds is 3. The van der Waals surface area contributed by atoms with Crippen LogP contribution in [-0.2, 0) is 0 Å². The Morgan fingerprint density at radius 3 is 2.42 bits per heavy atom. The average Bonchev–Trinajstić information content (AvgIpc) is 2.89. The van der Waals surface area contributed by atoms with Gasteiger partial charge in [-0.25, -0.2) is 4.98 Å². The Morgan fingerprint density at radius 1 is 0.947 bits per heavy atom. The number of hydrogen-bond acceptors (Lipinski definition) is 3. The molecule has 2 aromatic carbocycles. The first kappa shape index (κ1) is 12.6. The molecule has 0 aliphatic rings. The van der Waals surface area contributed by atoms with Gasteiger partial charge in [0.05, 0.1) is 5.69 Å². The lowest BCUT2D eigenvalue weighted by Gasteiger charge is -2.01. The van der Waals surface area contributed by atoms with Crippen LogP contribution >= 0.6 is 33.9 Å². The lowest BCUT2D eigenvalue weighted by Crippen LogP contribution is -1.88. The predicted molar refractivity (Wildman–Crippen MR) is 90.0 cm³/mol. The third kappa shape index (κ3) is 3.13. The Labute approximate surface area is 129 Å². The Morgan fingerprint density at radius 2 is 1.68 bits per heavy atom. The van der Waals surface area contributed by atoms with E-state index in [0.717, 1.165) is 22.1 Å². The number of para-hydroxylation sites is 1. The molecule has 0 saturated heterocycles. The molecule has 0 saturated carbocycles. The van der Waals surface area contributed by atoms with Crippen molar-refractivity contribution in [3.8, 4) is 11.3 Å². The first-order valence-electron chi connectivity index (χ1n) is 5.85. The molecule has 3 rings (SSSR count). The molecule has 1 N–H and O–H groups in total. The molecule has 4 heteroatoms. The van der Waals surface area contributed by atoms with Gasteiger partial charge in [-0.1, -0.05) is 30.3 Å². The minimum atomic E-state index is 0.916. The van der Waals surface area contributed by atoms with E-state index in [-0.39, 0.29) is 0 Å². The summed E-state index contributed by atoms with van der Waals surface area (Å²) in [6.07, 6.45) is 0. The summed E-state index contributed by atoms with van der Waals surface area (Å²) < 4.78 is 1.24. The predicted octanol–water partition coefficient (Wildman–Crippen LogP) is 5.16. The lowest BCUT2D eigenvalue weighted by molar-refractivity contribution is 1.38. The Hall–Kier alpha value is -1.40. The van der Waals surface area contributed by atoms with Gasteiger partial charge < -0.3 is 5.32 Å². The van der Waals surface area contributed by atoms with E-state index in [1.54, 1.807) is 11.3 Å². The topological polar surface area (TPSA) is 24.9 Å². The summed E-state index contributed by atoms with van der Waals surface area (Å²) in [6.45, 7) is 0. The van der Waals surface area contributed by atoms with E-state index in [0.29, 0.717) is 0 Å². The number of thiazole rings is 1. The van der Waals surface area contributed by atoms with Gasteiger partial charge in [-0.3, -0.25) is 0 Å². The molecule has 0 atom stereocenters. The fourth-order valence-corrected chi connectivity index (χ4v) is 2.83. The van der Waals surface area contributed by atoms with Gasteiger partial charge in [-0.2, -0.15) is 0 Å². The van der Waals surface area contributed by atoms with Crippen molar-refractivity contribution in [1.82, 2.24) is 4.98 Å². The third-order valence-corrected chi connectivity index (χ3v) is 4.15. The number of anilines is 2. The quantitative estimate of drug-likeness (QED) is 0.637. The number of benzene rings is 2. The van der Waals surface area contributed by atoms with Gasteiger partial charge in [0, 0.05) is 20.2 Å². The van der Waals surface area contributed by atoms with Gasteiger partial charge in [-0.05, 0) is 46.9 Å². The Kier molecular flexibility index (Phi) is 3.79. The van der Waals surface area contributed by atoms with Crippen LogP contribution in [0.4, 0.5) is 10.8 Å². The molecule has 3 aromatic rings. The highest BCUT2D eigenvalue weighted by Crippen LogP contribution is 2.27. The lowest BCUT2D eigenvalue weighted by atomic mass is 10.2. The minimum Gasteiger partial charge on any atom is -0.332 e. The number of halogens is 1. The van der Waals surface area contributed by atoms with Crippen molar-refractivity contribution >= 4 is 44.7 Å². The van der Waals surface area contributed by atoms with Crippen molar-refractivity contribution < 1.29 is 0 Å². The molecule has 0 bridgehead atoms. The van der Waals surface area contributed by atoms with Crippen LogP contribution in [0.5, 0.6) is 0 Å². The Bertz CT molecular complexity index is 662. The molecule has 0 amide bonds. The summed E-state index contributed by atoms with van der Waals surface area (Å²) in [4.78, 5) is 4.61. The average molecular weight is 378 g/mol. The van der Waals surface area contributed by atoms with E-state index >= 15 is 0 Å². The van der Waals surface area contributed by atoms with Crippen LogP contribution < -0.4 is 5.32 Å². The smallest absolute Gasteiger partial charge is 0.187 e. The van der Waals surface area contributed by atoms with Crippen LogP contribution in [0.1, 0.15) is 0 Å². The van der Waals surface area contributed by atoms with Gasteiger partial charge >= 0.3 is 0 Å². The van der Waals surface area contributed by atoms with Crippen LogP contribution in [-0.4, -0.2) is 4.98 Å². The summed E-state index contributed by atoms with van der Waals surface area (Å²) in [6, 6.07) is 18.5. The summed E-state index contributed by atoms with van der Waals surface area (Å²) in [5, 5.41) is 6.30. The standard InChI is InChI=1S/C15H11IN2S/c16-12-8-6-11(7-9-12)14-10-19-15(18-14)17-13-4-2-1-3-5-13/h1-10H,(H,17,18). The van der Waals surface area contributed by atoms with Crippen molar-refractivity contribution in [2.45, 2.75) is 0 Å². The number of hydrogen-bond donors (Lipinski definition) is 1. The fourth-order valence-electron chi connectivity index (χ4n) is 1.73. The maximum Gasteiger partial charge on any atom is 0.187 e. The number of aromatic nitrogens is 1. The normalized spacial score (nSPS) is 10.4. The maximum absolute atomic E-state index is 4.61. The second kappa shape index (κ2) is 5.71. The van der Waals surface area contributed by atoms with Gasteiger partial charge in [0.15, 0.2) is 5.13 Å². The van der Waals surface area contributed by atoms with Crippen LogP contribution in [0.3, 0.4) is 0 Å². The van der Waals surface area contributed by atoms with Crippen LogP contribution in [0, 0.1) is 3.57 Å². The molecule has 94 valence electrons. The van der Waals surface area contributed by atoms with Crippen molar-refractivity contribution in [3.63, 3.8) is 0 Å². The van der Waals surface area contributed by atoms with Crippen LogP contribution in [0.25, 0.3) is 11.3 Å². The van der Waals surface area contributed by atoms with Crippen molar-refractivity contribution in [2.24, 2.45) is 0 Å². The molecule has 1 heterocycles. The van der Waals surface area contributed by atoms with Gasteiger partial charge in [0.1, 0.15) is 0 Å². The zero-order chi connectivity index (χ0) is 13.1. The maximum atomic E-state index is 4.61. The molecule has 0 unspecified atom stereocenters. The molecular formula is C15H11IN2S. The Balaban J connectivity index is 1.82. The molecule has 0 fully saturated rings. The second-order valence-electron chi connectivity index (χ2n) is 4.04. The van der Waals surface area contributed by atoms with E-state index < -0.39 is 0 Å². The zero-order valence-corrected chi connectivity index (χ0v) is 13.0. The molecule has 0 radical (unpaired) electrons. The summed E-state index contributed by atoms with van der Waals surface area (Å²) in [5.74, 6) is 0. The highest BCUT2D eigenvalue weighted by molar-refractivity contribution is 14.1. The number of nitrogens with zero attached hydrogens (tertiary/aromatic N) is 1. The van der Waals surface area contributed by atoms with E-state index in [4.69, 9.17) is 0 Å². The highest BCUT2D eigenvalue weighted by atomic mass is 127. The molecule has 0 aliphatic carbocycles. The van der Waals surface area contributed by atoms with Gasteiger partial charge in [-0.15, -0.1) is 11.3 Å². The van der Waals surface area contributed by atoms with Gasteiger partial charge in [0.25, 0.3) is 0 Å². The summed E-state index contributed by atoms with van der Waals surface area (Å²) >= 11 is 3.93. The van der Waals surface area contributed by atoms with E-state index in [1.165, 1.54) is 3.57 Å². The van der Waals surface area contributed by atoms with E-state index in [9.17, 15) is 0 Å². The number of nitrogens with one attached hydrogen (secondary N) is 1. The minimum absolute atomic E-state index is 0.916. The molecule has 0 aliphatic heterocycles. The summed E-state index contributed by atoms with van der Waals surface area (Å²) in [7, 11) is 0. The van der Waals surface area contributed by atoms with Crippen molar-refractivity contribution in [1.29, 1.82) is 0 Å². The van der Waals surface area contributed by atoms with Crippen molar-refractivity contribution in [3.05, 3.63) is 63.5 Å². The molecule has 2 nitrogen and oxygen atoms in total. The fraction of sp³-hybridized carbons (Fsp3) is 0. The second-order valence-corrected chi connectivity index (χ2v) is 6.14. The van der Waals surface area contributed by atoms with E-state index in [2.05, 4.69) is 62.5 Å². The molecule has 1 aromatic heterocycles. The zero-order valence-electron chi connectivity index (χ0n) is 10.0. The first-order valence-corrected chi connectivity index (χ1v) is 7.81. The van der Waals surface area contributed by atoms with Crippen LogP contribution in [0.15, 0.2) is 60.0 Å². The SMILES string of the molecule is Ic1ccc(-c2csc(Nc3ccccc3)n2)cc1. The monoisotopic (exact) mass is 378 g/mol. The third-order valence-electron chi connectivity index (χ3n) is 2.67.